The lowest BCUT2D eigenvalue weighted by atomic mass is 10.2. The third kappa shape index (κ3) is 5.48. The van der Waals surface area contributed by atoms with Gasteiger partial charge in [0.1, 0.15) is 0 Å². The molecule has 2 aromatic carbocycles. The minimum atomic E-state index is -3.56. The Morgan fingerprint density at radius 3 is 1.88 bits per heavy atom. The maximum Gasteiger partial charge on any atom is 0.255 e. The summed E-state index contributed by atoms with van der Waals surface area (Å²) in [6.45, 7) is 5.85. The molecule has 1 amide bonds. The van der Waals surface area contributed by atoms with Gasteiger partial charge in [-0.3, -0.25) is 9.52 Å². The van der Waals surface area contributed by atoms with Gasteiger partial charge in [-0.1, -0.05) is 6.42 Å². The summed E-state index contributed by atoms with van der Waals surface area (Å²) in [4.78, 5) is 12.7. The summed E-state index contributed by atoms with van der Waals surface area (Å²) >= 11 is 0. The third-order valence-electron chi connectivity index (χ3n) is 5.27. The van der Waals surface area contributed by atoms with Crippen molar-refractivity contribution in [3.63, 3.8) is 0 Å². The van der Waals surface area contributed by atoms with Crippen LogP contribution in [0.4, 0.5) is 11.4 Å². The SMILES string of the molecule is CC(C)(C)S(=O)(=O)Nc1ccc(C(=O)Nc2ccc(S(=O)(=O)N3CCCCC3)cc2)cc1. The minimum Gasteiger partial charge on any atom is -0.322 e. The molecule has 1 saturated heterocycles. The first kappa shape index (κ1) is 24.2. The van der Waals surface area contributed by atoms with Crippen molar-refractivity contribution in [2.45, 2.75) is 49.7 Å². The van der Waals surface area contributed by atoms with Gasteiger partial charge >= 0.3 is 0 Å². The molecule has 174 valence electrons. The Morgan fingerprint density at radius 2 is 1.34 bits per heavy atom. The highest BCUT2D eigenvalue weighted by Crippen LogP contribution is 2.23. The van der Waals surface area contributed by atoms with Crippen molar-refractivity contribution < 1.29 is 21.6 Å². The van der Waals surface area contributed by atoms with Crippen LogP contribution in [0.1, 0.15) is 50.4 Å². The number of anilines is 2. The maximum atomic E-state index is 12.7. The zero-order chi connectivity index (χ0) is 23.6. The molecule has 2 N–H and O–H groups in total. The molecule has 0 bridgehead atoms. The molecule has 3 rings (SSSR count). The van der Waals surface area contributed by atoms with Crippen LogP contribution >= 0.6 is 0 Å². The molecule has 0 spiro atoms. The van der Waals surface area contributed by atoms with E-state index < -0.39 is 24.8 Å². The topological polar surface area (TPSA) is 113 Å². The van der Waals surface area contributed by atoms with Gasteiger partial charge in [-0.05, 0) is 82.1 Å². The molecule has 0 aromatic heterocycles. The predicted molar refractivity (Wildman–Crippen MR) is 126 cm³/mol. The van der Waals surface area contributed by atoms with E-state index in [9.17, 15) is 21.6 Å². The van der Waals surface area contributed by atoms with Gasteiger partial charge in [-0.25, -0.2) is 16.8 Å². The van der Waals surface area contributed by atoms with Gasteiger partial charge in [-0.15, -0.1) is 0 Å². The van der Waals surface area contributed by atoms with Gasteiger partial charge in [0.25, 0.3) is 5.91 Å². The Hall–Kier alpha value is -2.43. The van der Waals surface area contributed by atoms with Crippen molar-refractivity contribution in [2.24, 2.45) is 0 Å². The summed E-state index contributed by atoms with van der Waals surface area (Å²) < 4.78 is 53.0. The van der Waals surface area contributed by atoms with Crippen LogP contribution < -0.4 is 10.0 Å². The number of hydrogen-bond donors (Lipinski definition) is 2. The minimum absolute atomic E-state index is 0.202. The van der Waals surface area contributed by atoms with Crippen LogP contribution in [-0.2, 0) is 20.0 Å². The molecule has 0 unspecified atom stereocenters. The Kier molecular flexibility index (Phi) is 6.97. The van der Waals surface area contributed by atoms with E-state index in [2.05, 4.69) is 10.0 Å². The number of nitrogens with zero attached hydrogens (tertiary/aromatic N) is 1. The van der Waals surface area contributed by atoms with E-state index in [0.717, 1.165) is 19.3 Å². The number of nitrogens with one attached hydrogen (secondary N) is 2. The smallest absolute Gasteiger partial charge is 0.255 e. The number of carbonyl (C=O) groups is 1. The zero-order valence-electron chi connectivity index (χ0n) is 18.5. The fraction of sp³-hybridized carbons (Fsp3) is 0.409. The average molecular weight is 480 g/mol. The molecule has 1 fully saturated rings. The molecule has 0 atom stereocenters. The lowest BCUT2D eigenvalue weighted by molar-refractivity contribution is 0.102. The Bertz CT molecular complexity index is 1160. The summed E-state index contributed by atoms with van der Waals surface area (Å²) in [5.41, 5.74) is 1.17. The summed E-state index contributed by atoms with van der Waals surface area (Å²) in [7, 11) is -7.09. The van der Waals surface area contributed by atoms with Gasteiger partial charge in [-0.2, -0.15) is 4.31 Å². The van der Waals surface area contributed by atoms with Crippen LogP contribution in [0.3, 0.4) is 0 Å². The van der Waals surface area contributed by atoms with Gasteiger partial charge < -0.3 is 5.32 Å². The van der Waals surface area contributed by atoms with Crippen molar-refractivity contribution in [2.75, 3.05) is 23.1 Å². The summed E-state index contributed by atoms with van der Waals surface area (Å²) in [5, 5.41) is 2.72. The largest absolute Gasteiger partial charge is 0.322 e. The molecule has 0 saturated carbocycles. The molecule has 1 aliphatic rings. The second-order valence-electron chi connectivity index (χ2n) is 8.74. The fourth-order valence-corrected chi connectivity index (χ4v) is 5.44. The monoisotopic (exact) mass is 479 g/mol. The highest BCUT2D eigenvalue weighted by atomic mass is 32.2. The second kappa shape index (κ2) is 9.21. The molecule has 1 aliphatic heterocycles. The first-order chi connectivity index (χ1) is 14.9. The Balaban J connectivity index is 1.66. The van der Waals surface area contributed by atoms with Crippen molar-refractivity contribution in [3.8, 4) is 0 Å². The van der Waals surface area contributed by atoms with Gasteiger partial charge in [0.05, 0.1) is 9.64 Å². The van der Waals surface area contributed by atoms with Crippen LogP contribution in [0.2, 0.25) is 0 Å². The van der Waals surface area contributed by atoms with E-state index in [1.54, 1.807) is 32.9 Å². The van der Waals surface area contributed by atoms with Crippen LogP contribution in [0, 0.1) is 0 Å². The number of hydrogen-bond acceptors (Lipinski definition) is 5. The zero-order valence-corrected chi connectivity index (χ0v) is 20.1. The van der Waals surface area contributed by atoms with Gasteiger partial charge in [0, 0.05) is 30.0 Å². The number of sulfonamides is 2. The fourth-order valence-electron chi connectivity index (χ4n) is 3.17. The van der Waals surface area contributed by atoms with Crippen molar-refractivity contribution in [1.29, 1.82) is 0 Å². The summed E-state index contributed by atoms with van der Waals surface area (Å²) in [6.07, 6.45) is 2.77. The van der Waals surface area contributed by atoms with Crippen molar-refractivity contribution >= 4 is 37.3 Å². The summed E-state index contributed by atoms with van der Waals surface area (Å²) in [5.74, 6) is -0.387. The highest BCUT2D eigenvalue weighted by Gasteiger charge is 2.29. The van der Waals surface area contributed by atoms with Crippen LogP contribution in [-0.4, -0.2) is 44.9 Å². The predicted octanol–water partition coefficient (Wildman–Crippen LogP) is 3.65. The molecule has 0 radical (unpaired) electrons. The molecule has 1 heterocycles. The van der Waals surface area contributed by atoms with Crippen LogP contribution in [0.5, 0.6) is 0 Å². The number of amides is 1. The molecule has 0 aliphatic carbocycles. The molecular weight excluding hydrogens is 450 g/mol. The van der Waals surface area contributed by atoms with E-state index in [1.807, 2.05) is 0 Å². The molecule has 2 aromatic rings. The maximum absolute atomic E-state index is 12.7. The molecular formula is C22H29N3O5S2. The van der Waals surface area contributed by atoms with Gasteiger partial charge in [0.15, 0.2) is 0 Å². The van der Waals surface area contributed by atoms with E-state index in [-0.39, 0.29) is 10.8 Å². The van der Waals surface area contributed by atoms with Crippen LogP contribution in [0.15, 0.2) is 53.4 Å². The van der Waals surface area contributed by atoms with Crippen molar-refractivity contribution in [1.82, 2.24) is 4.31 Å². The summed E-state index contributed by atoms with van der Waals surface area (Å²) in [6, 6.07) is 12.2. The van der Waals surface area contributed by atoms with Gasteiger partial charge in [0.2, 0.25) is 20.0 Å². The molecule has 10 heteroatoms. The number of piperidine rings is 1. The van der Waals surface area contributed by atoms with E-state index in [4.69, 9.17) is 0 Å². The number of benzene rings is 2. The van der Waals surface area contributed by atoms with Crippen molar-refractivity contribution in [3.05, 3.63) is 54.1 Å². The average Bonchev–Trinajstić information content (AvgIpc) is 2.74. The normalized spacial score (nSPS) is 15.8. The highest BCUT2D eigenvalue weighted by molar-refractivity contribution is 7.94. The first-order valence-electron chi connectivity index (χ1n) is 10.4. The van der Waals surface area contributed by atoms with E-state index in [1.165, 1.54) is 40.7 Å². The van der Waals surface area contributed by atoms with E-state index >= 15 is 0 Å². The quantitative estimate of drug-likeness (QED) is 0.657. The lowest BCUT2D eigenvalue weighted by Crippen LogP contribution is -2.35. The second-order valence-corrected chi connectivity index (χ2v) is 13.1. The molecule has 32 heavy (non-hydrogen) atoms. The third-order valence-corrected chi connectivity index (χ3v) is 9.30. The van der Waals surface area contributed by atoms with Crippen LogP contribution in [0.25, 0.3) is 0 Å². The number of carbonyl (C=O) groups excluding carboxylic acids is 1. The Labute approximate surface area is 190 Å². The molecule has 8 nitrogen and oxygen atoms in total. The first-order valence-corrected chi connectivity index (χ1v) is 13.4. The van der Waals surface area contributed by atoms with E-state index in [0.29, 0.717) is 30.0 Å². The lowest BCUT2D eigenvalue weighted by Gasteiger charge is -2.25. The standard InChI is InChI=1S/C22H29N3O5S2/c1-22(2,3)32(29,30)24-19-9-7-17(8-10-19)21(26)23-18-11-13-20(14-12-18)31(27,28)25-15-5-4-6-16-25/h7-14,24H,4-6,15-16H2,1-3H3,(H,23,26). The Morgan fingerprint density at radius 1 is 0.812 bits per heavy atom. The number of rotatable bonds is 6.